The third kappa shape index (κ3) is 1.64. The van der Waals surface area contributed by atoms with Crippen molar-refractivity contribution in [3.8, 4) is 5.75 Å². The molecule has 0 radical (unpaired) electrons. The Kier molecular flexibility index (Phi) is 2.08. The molecule has 0 aliphatic rings. The molecular formula is C12H10O3. The predicted molar refractivity (Wildman–Crippen MR) is 57.3 cm³/mol. The van der Waals surface area contributed by atoms with Crippen molar-refractivity contribution in [2.24, 2.45) is 0 Å². The van der Waals surface area contributed by atoms with Gasteiger partial charge in [-0.05, 0) is 29.8 Å². The molecule has 0 fully saturated rings. The van der Waals surface area contributed by atoms with Crippen LogP contribution in [0.5, 0.6) is 5.75 Å². The first-order chi connectivity index (χ1) is 7.08. The Morgan fingerprint density at radius 1 is 1.20 bits per heavy atom. The van der Waals surface area contributed by atoms with E-state index in [1.165, 1.54) is 6.07 Å². The van der Waals surface area contributed by atoms with Crippen molar-refractivity contribution < 1.29 is 15.0 Å². The molecule has 0 aliphatic carbocycles. The van der Waals surface area contributed by atoms with Crippen molar-refractivity contribution in [1.82, 2.24) is 0 Å². The summed E-state index contributed by atoms with van der Waals surface area (Å²) in [6.07, 6.45) is 0. The highest BCUT2D eigenvalue weighted by Crippen LogP contribution is 2.25. The van der Waals surface area contributed by atoms with Crippen molar-refractivity contribution in [3.63, 3.8) is 0 Å². The highest BCUT2D eigenvalue weighted by atomic mass is 16.4. The van der Waals surface area contributed by atoms with Crippen molar-refractivity contribution >= 4 is 16.7 Å². The Bertz CT molecular complexity index is 544. The molecule has 3 heteroatoms. The Morgan fingerprint density at radius 3 is 2.60 bits per heavy atom. The van der Waals surface area contributed by atoms with Crippen LogP contribution in [0.4, 0.5) is 0 Å². The van der Waals surface area contributed by atoms with Crippen LogP contribution < -0.4 is 0 Å². The third-order valence-corrected chi connectivity index (χ3v) is 2.32. The van der Waals surface area contributed by atoms with Crippen LogP contribution in [-0.4, -0.2) is 16.2 Å². The van der Waals surface area contributed by atoms with Crippen LogP contribution >= 0.6 is 0 Å². The minimum Gasteiger partial charge on any atom is -0.508 e. The zero-order valence-electron chi connectivity index (χ0n) is 8.19. The molecule has 0 saturated carbocycles. The van der Waals surface area contributed by atoms with E-state index in [-0.39, 0.29) is 11.3 Å². The number of aromatic hydroxyl groups is 1. The average Bonchev–Trinajstić information content (AvgIpc) is 2.17. The van der Waals surface area contributed by atoms with Gasteiger partial charge in [0.25, 0.3) is 0 Å². The number of carboxylic acids is 1. The molecule has 0 unspecified atom stereocenters. The van der Waals surface area contributed by atoms with Gasteiger partial charge in [0.2, 0.25) is 0 Å². The van der Waals surface area contributed by atoms with Gasteiger partial charge in [0.15, 0.2) is 0 Å². The first kappa shape index (κ1) is 9.52. The average molecular weight is 202 g/mol. The molecule has 0 aromatic heterocycles. The Hall–Kier alpha value is -2.03. The topological polar surface area (TPSA) is 57.5 Å². The summed E-state index contributed by atoms with van der Waals surface area (Å²) in [4.78, 5) is 11.0. The van der Waals surface area contributed by atoms with E-state index in [1.54, 1.807) is 18.2 Å². The lowest BCUT2D eigenvalue weighted by atomic mass is 10.0. The van der Waals surface area contributed by atoms with Crippen molar-refractivity contribution in [2.75, 3.05) is 0 Å². The maximum Gasteiger partial charge on any atom is 0.336 e. The molecule has 2 aromatic carbocycles. The van der Waals surface area contributed by atoms with Crippen LogP contribution in [0, 0.1) is 6.92 Å². The standard InChI is InChI=1S/C12H10O3/c1-7-2-3-8-5-9(13)6-11(12(14)15)10(8)4-7/h2-6,13H,1H3,(H,14,15). The molecule has 76 valence electrons. The quantitative estimate of drug-likeness (QED) is 0.747. The summed E-state index contributed by atoms with van der Waals surface area (Å²) < 4.78 is 0. The van der Waals surface area contributed by atoms with Gasteiger partial charge >= 0.3 is 5.97 Å². The lowest BCUT2D eigenvalue weighted by molar-refractivity contribution is 0.0698. The summed E-state index contributed by atoms with van der Waals surface area (Å²) >= 11 is 0. The van der Waals surface area contributed by atoms with Crippen LogP contribution in [0.25, 0.3) is 10.8 Å². The number of benzene rings is 2. The molecule has 0 saturated heterocycles. The van der Waals surface area contributed by atoms with E-state index < -0.39 is 5.97 Å². The van der Waals surface area contributed by atoms with E-state index >= 15 is 0 Å². The van der Waals surface area contributed by atoms with Crippen molar-refractivity contribution in [2.45, 2.75) is 6.92 Å². The first-order valence-electron chi connectivity index (χ1n) is 4.54. The molecule has 3 nitrogen and oxygen atoms in total. The van der Waals surface area contributed by atoms with Crippen LogP contribution in [0.3, 0.4) is 0 Å². The molecular weight excluding hydrogens is 192 g/mol. The second-order valence-corrected chi connectivity index (χ2v) is 3.52. The van der Waals surface area contributed by atoms with Gasteiger partial charge in [-0.25, -0.2) is 4.79 Å². The summed E-state index contributed by atoms with van der Waals surface area (Å²) in [5.74, 6) is -1.05. The monoisotopic (exact) mass is 202 g/mol. The van der Waals surface area contributed by atoms with E-state index in [4.69, 9.17) is 5.11 Å². The summed E-state index contributed by atoms with van der Waals surface area (Å²) in [6.45, 7) is 1.90. The zero-order chi connectivity index (χ0) is 11.0. The van der Waals surface area contributed by atoms with Gasteiger partial charge in [0.05, 0.1) is 5.56 Å². The SMILES string of the molecule is Cc1ccc2cc(O)cc(C(=O)O)c2c1. The smallest absolute Gasteiger partial charge is 0.336 e. The van der Waals surface area contributed by atoms with Crippen molar-refractivity contribution in [3.05, 3.63) is 41.5 Å². The largest absolute Gasteiger partial charge is 0.508 e. The van der Waals surface area contributed by atoms with Crippen LogP contribution in [0.1, 0.15) is 15.9 Å². The molecule has 0 heterocycles. The molecule has 2 rings (SSSR count). The highest BCUT2D eigenvalue weighted by Gasteiger charge is 2.10. The molecule has 0 atom stereocenters. The minimum absolute atomic E-state index is 0.0243. The lowest BCUT2D eigenvalue weighted by Gasteiger charge is -2.04. The predicted octanol–water partition coefficient (Wildman–Crippen LogP) is 2.55. The van der Waals surface area contributed by atoms with Crippen LogP contribution in [0.2, 0.25) is 0 Å². The summed E-state index contributed by atoms with van der Waals surface area (Å²) in [5.41, 5.74) is 1.13. The van der Waals surface area contributed by atoms with E-state index in [1.807, 2.05) is 13.0 Å². The molecule has 0 spiro atoms. The first-order valence-corrected chi connectivity index (χ1v) is 4.54. The minimum atomic E-state index is -1.03. The Morgan fingerprint density at radius 2 is 1.93 bits per heavy atom. The van der Waals surface area contributed by atoms with Gasteiger partial charge in [-0.15, -0.1) is 0 Å². The molecule has 0 amide bonds. The maximum absolute atomic E-state index is 11.0. The second kappa shape index (κ2) is 3.28. The van der Waals surface area contributed by atoms with E-state index in [2.05, 4.69) is 0 Å². The molecule has 2 aromatic rings. The number of phenolic OH excluding ortho intramolecular Hbond substituents is 1. The molecule has 0 aliphatic heterocycles. The van der Waals surface area contributed by atoms with Gasteiger partial charge in [-0.3, -0.25) is 0 Å². The Balaban J connectivity index is 2.87. The third-order valence-electron chi connectivity index (χ3n) is 2.32. The maximum atomic E-state index is 11.0. The fraction of sp³-hybridized carbons (Fsp3) is 0.0833. The number of fused-ring (bicyclic) bond motifs is 1. The fourth-order valence-corrected chi connectivity index (χ4v) is 1.63. The molecule has 0 bridgehead atoms. The second-order valence-electron chi connectivity index (χ2n) is 3.52. The van der Waals surface area contributed by atoms with Gasteiger partial charge in [0.1, 0.15) is 5.75 Å². The fourth-order valence-electron chi connectivity index (χ4n) is 1.63. The number of hydrogen-bond donors (Lipinski definition) is 2. The number of aryl methyl sites for hydroxylation is 1. The highest BCUT2D eigenvalue weighted by molar-refractivity contribution is 6.04. The number of hydrogen-bond acceptors (Lipinski definition) is 2. The zero-order valence-corrected chi connectivity index (χ0v) is 8.19. The number of carboxylic acid groups (broad SMARTS) is 1. The van der Waals surface area contributed by atoms with E-state index in [9.17, 15) is 9.90 Å². The number of aromatic carboxylic acids is 1. The lowest BCUT2D eigenvalue weighted by Crippen LogP contribution is -1.97. The molecule has 15 heavy (non-hydrogen) atoms. The summed E-state index contributed by atoms with van der Waals surface area (Å²) in [7, 11) is 0. The number of carbonyl (C=O) groups is 1. The van der Waals surface area contributed by atoms with Crippen LogP contribution in [-0.2, 0) is 0 Å². The molecule has 2 N–H and O–H groups in total. The number of phenols is 1. The van der Waals surface area contributed by atoms with Crippen molar-refractivity contribution in [1.29, 1.82) is 0 Å². The van der Waals surface area contributed by atoms with Gasteiger partial charge in [-0.1, -0.05) is 23.8 Å². The Labute approximate surface area is 86.6 Å². The van der Waals surface area contributed by atoms with Gasteiger partial charge < -0.3 is 10.2 Å². The van der Waals surface area contributed by atoms with E-state index in [0.29, 0.717) is 5.39 Å². The summed E-state index contributed by atoms with van der Waals surface area (Å²) in [6, 6.07) is 8.31. The van der Waals surface area contributed by atoms with Crippen LogP contribution in [0.15, 0.2) is 30.3 Å². The van der Waals surface area contributed by atoms with Gasteiger partial charge in [0, 0.05) is 0 Å². The summed E-state index contributed by atoms with van der Waals surface area (Å²) in [5, 5.41) is 19.7. The van der Waals surface area contributed by atoms with E-state index in [0.717, 1.165) is 10.9 Å². The normalized spacial score (nSPS) is 10.5. The number of rotatable bonds is 1. The van der Waals surface area contributed by atoms with Gasteiger partial charge in [-0.2, -0.15) is 0 Å².